The molecule has 0 saturated heterocycles. The van der Waals surface area contributed by atoms with Gasteiger partial charge in [-0.05, 0) is 24.7 Å². The molecule has 1 N–H and O–H groups in total. The van der Waals surface area contributed by atoms with Crippen molar-refractivity contribution < 1.29 is 14.6 Å². The average Bonchev–Trinajstić information content (AvgIpc) is 2.24. The van der Waals surface area contributed by atoms with Crippen LogP contribution in [0, 0.1) is 5.41 Å². The highest BCUT2D eigenvalue weighted by atomic mass is 16.5. The summed E-state index contributed by atoms with van der Waals surface area (Å²) in [6.45, 7) is 6.50. The van der Waals surface area contributed by atoms with Crippen molar-refractivity contribution in [1.82, 2.24) is 0 Å². The Morgan fingerprint density at radius 3 is 2.14 bits per heavy atom. The van der Waals surface area contributed by atoms with Crippen LogP contribution in [-0.2, 0) is 9.47 Å². The summed E-state index contributed by atoms with van der Waals surface area (Å²) in [6, 6.07) is 0. The number of rotatable bonds is 9. The Bertz CT molecular complexity index is 113. The monoisotopic (exact) mass is 204 g/mol. The van der Waals surface area contributed by atoms with Crippen molar-refractivity contribution in [3.05, 3.63) is 0 Å². The Labute approximate surface area is 87.4 Å². The second-order valence-electron chi connectivity index (χ2n) is 3.72. The van der Waals surface area contributed by atoms with E-state index in [-0.39, 0.29) is 12.0 Å². The van der Waals surface area contributed by atoms with Crippen molar-refractivity contribution in [2.45, 2.75) is 33.1 Å². The Kier molecular flexibility index (Phi) is 8.14. The molecule has 0 fully saturated rings. The molecule has 0 rings (SSSR count). The standard InChI is InChI=1S/C11H24O3/c1-4-11(5-2,10-12)6-7-14-9-8-13-3/h12H,4-10H2,1-3H3. The lowest BCUT2D eigenvalue weighted by Gasteiger charge is -2.29. The van der Waals surface area contributed by atoms with Gasteiger partial charge >= 0.3 is 0 Å². The quantitative estimate of drug-likeness (QED) is 0.582. The van der Waals surface area contributed by atoms with Gasteiger partial charge in [-0.3, -0.25) is 0 Å². The van der Waals surface area contributed by atoms with Gasteiger partial charge < -0.3 is 14.6 Å². The molecule has 0 aromatic rings. The first kappa shape index (κ1) is 13.9. The van der Waals surface area contributed by atoms with Gasteiger partial charge in [0.2, 0.25) is 0 Å². The van der Waals surface area contributed by atoms with Crippen LogP contribution in [0.5, 0.6) is 0 Å². The minimum absolute atomic E-state index is 0.0626. The van der Waals surface area contributed by atoms with Crippen molar-refractivity contribution in [2.24, 2.45) is 5.41 Å². The zero-order valence-electron chi connectivity index (χ0n) is 9.71. The van der Waals surface area contributed by atoms with Crippen LogP contribution in [0.2, 0.25) is 0 Å². The van der Waals surface area contributed by atoms with Gasteiger partial charge in [-0.2, -0.15) is 0 Å². The summed E-state index contributed by atoms with van der Waals surface area (Å²) in [6.07, 6.45) is 2.95. The summed E-state index contributed by atoms with van der Waals surface area (Å²) < 4.78 is 10.3. The van der Waals surface area contributed by atoms with Crippen LogP contribution in [0.25, 0.3) is 0 Å². The van der Waals surface area contributed by atoms with E-state index in [4.69, 9.17) is 9.47 Å². The first-order chi connectivity index (χ1) is 6.74. The molecule has 0 amide bonds. The Balaban J connectivity index is 3.61. The third-order valence-corrected chi connectivity index (χ3v) is 3.04. The molecule has 0 aliphatic carbocycles. The van der Waals surface area contributed by atoms with Crippen LogP contribution in [-0.4, -0.2) is 38.6 Å². The van der Waals surface area contributed by atoms with Crippen LogP contribution < -0.4 is 0 Å². The van der Waals surface area contributed by atoms with Gasteiger partial charge in [0.05, 0.1) is 13.2 Å². The molecule has 0 aliphatic rings. The van der Waals surface area contributed by atoms with Gasteiger partial charge in [0.1, 0.15) is 0 Å². The zero-order valence-corrected chi connectivity index (χ0v) is 9.71. The normalized spacial score (nSPS) is 12.0. The molecule has 0 spiro atoms. The van der Waals surface area contributed by atoms with Crippen molar-refractivity contribution in [3.8, 4) is 0 Å². The van der Waals surface area contributed by atoms with Crippen LogP contribution >= 0.6 is 0 Å². The van der Waals surface area contributed by atoms with Crippen molar-refractivity contribution >= 4 is 0 Å². The Morgan fingerprint density at radius 2 is 1.71 bits per heavy atom. The van der Waals surface area contributed by atoms with Crippen LogP contribution in [0.1, 0.15) is 33.1 Å². The van der Waals surface area contributed by atoms with Gasteiger partial charge in [-0.1, -0.05) is 13.8 Å². The van der Waals surface area contributed by atoms with E-state index in [1.54, 1.807) is 7.11 Å². The fourth-order valence-corrected chi connectivity index (χ4v) is 1.44. The van der Waals surface area contributed by atoms with Gasteiger partial charge in [-0.25, -0.2) is 0 Å². The maximum absolute atomic E-state index is 9.30. The van der Waals surface area contributed by atoms with Gasteiger partial charge in [0.25, 0.3) is 0 Å². The van der Waals surface area contributed by atoms with E-state index in [0.29, 0.717) is 19.8 Å². The van der Waals surface area contributed by atoms with Gasteiger partial charge in [0.15, 0.2) is 0 Å². The number of methoxy groups -OCH3 is 1. The lowest BCUT2D eigenvalue weighted by molar-refractivity contribution is 0.0301. The van der Waals surface area contributed by atoms with E-state index in [1.807, 2.05) is 0 Å². The van der Waals surface area contributed by atoms with Gasteiger partial charge in [0, 0.05) is 20.3 Å². The third kappa shape index (κ3) is 4.94. The molecule has 0 aliphatic heterocycles. The first-order valence-corrected chi connectivity index (χ1v) is 5.42. The molecule has 0 heterocycles. The molecular formula is C11H24O3. The molecule has 14 heavy (non-hydrogen) atoms. The van der Waals surface area contributed by atoms with E-state index in [2.05, 4.69) is 13.8 Å². The van der Waals surface area contributed by atoms with Gasteiger partial charge in [-0.15, -0.1) is 0 Å². The summed E-state index contributed by atoms with van der Waals surface area (Å²) >= 11 is 0. The van der Waals surface area contributed by atoms with E-state index in [1.165, 1.54) is 0 Å². The highest BCUT2D eigenvalue weighted by Gasteiger charge is 2.24. The maximum atomic E-state index is 9.30. The summed E-state index contributed by atoms with van der Waals surface area (Å²) in [7, 11) is 1.67. The summed E-state index contributed by atoms with van der Waals surface area (Å²) in [5.41, 5.74) is 0.0626. The first-order valence-electron chi connectivity index (χ1n) is 5.42. The van der Waals surface area contributed by atoms with Crippen LogP contribution in [0.3, 0.4) is 0 Å². The zero-order chi connectivity index (χ0) is 10.9. The molecular weight excluding hydrogens is 180 g/mol. The lowest BCUT2D eigenvalue weighted by Crippen LogP contribution is -2.25. The minimum atomic E-state index is 0.0626. The summed E-state index contributed by atoms with van der Waals surface area (Å²) in [5.74, 6) is 0. The third-order valence-electron chi connectivity index (χ3n) is 3.04. The number of aliphatic hydroxyl groups is 1. The number of aliphatic hydroxyl groups excluding tert-OH is 1. The largest absolute Gasteiger partial charge is 0.396 e. The highest BCUT2D eigenvalue weighted by Crippen LogP contribution is 2.29. The minimum Gasteiger partial charge on any atom is -0.396 e. The number of ether oxygens (including phenoxy) is 2. The molecule has 3 nitrogen and oxygen atoms in total. The second-order valence-corrected chi connectivity index (χ2v) is 3.72. The molecule has 86 valence electrons. The predicted octanol–water partition coefficient (Wildman–Crippen LogP) is 1.84. The second kappa shape index (κ2) is 8.21. The molecule has 3 heteroatoms. The van der Waals surface area contributed by atoms with Crippen molar-refractivity contribution in [2.75, 3.05) is 33.5 Å². The summed E-state index contributed by atoms with van der Waals surface area (Å²) in [5, 5.41) is 9.30. The highest BCUT2D eigenvalue weighted by molar-refractivity contribution is 4.75. The Morgan fingerprint density at radius 1 is 1.07 bits per heavy atom. The SMILES string of the molecule is CCC(CC)(CO)CCOCCOC. The molecule has 0 unspecified atom stereocenters. The Hall–Kier alpha value is -0.120. The maximum Gasteiger partial charge on any atom is 0.0700 e. The topological polar surface area (TPSA) is 38.7 Å². The molecule has 0 bridgehead atoms. The fourth-order valence-electron chi connectivity index (χ4n) is 1.44. The van der Waals surface area contributed by atoms with E-state index in [0.717, 1.165) is 19.3 Å². The van der Waals surface area contributed by atoms with Crippen LogP contribution in [0.4, 0.5) is 0 Å². The number of hydrogen-bond acceptors (Lipinski definition) is 3. The van der Waals surface area contributed by atoms with Crippen molar-refractivity contribution in [1.29, 1.82) is 0 Å². The molecule has 0 aromatic heterocycles. The van der Waals surface area contributed by atoms with E-state index < -0.39 is 0 Å². The van der Waals surface area contributed by atoms with Crippen LogP contribution in [0.15, 0.2) is 0 Å². The van der Waals surface area contributed by atoms with Crippen molar-refractivity contribution in [3.63, 3.8) is 0 Å². The summed E-state index contributed by atoms with van der Waals surface area (Å²) in [4.78, 5) is 0. The molecule has 0 radical (unpaired) electrons. The molecule has 0 saturated carbocycles. The fraction of sp³-hybridized carbons (Fsp3) is 1.00. The number of hydrogen-bond donors (Lipinski definition) is 1. The smallest absolute Gasteiger partial charge is 0.0700 e. The lowest BCUT2D eigenvalue weighted by atomic mass is 9.80. The molecule has 0 atom stereocenters. The van der Waals surface area contributed by atoms with E-state index in [9.17, 15) is 5.11 Å². The van der Waals surface area contributed by atoms with E-state index >= 15 is 0 Å². The molecule has 0 aromatic carbocycles. The average molecular weight is 204 g/mol. The predicted molar refractivity (Wildman–Crippen MR) is 57.4 cm³/mol.